The van der Waals surface area contributed by atoms with E-state index in [1.165, 1.54) is 19.4 Å². The van der Waals surface area contributed by atoms with Gasteiger partial charge in [-0.3, -0.25) is 9.59 Å². The summed E-state index contributed by atoms with van der Waals surface area (Å²) in [5, 5.41) is 5.88. The molecule has 7 heteroatoms. The molecule has 2 aromatic carbocycles. The van der Waals surface area contributed by atoms with Gasteiger partial charge in [-0.15, -0.1) is 0 Å². The van der Waals surface area contributed by atoms with E-state index in [0.29, 0.717) is 33.3 Å². The number of ether oxygens (including phenoxy) is 1. The van der Waals surface area contributed by atoms with Crippen LogP contribution in [0.5, 0.6) is 5.75 Å². The lowest BCUT2D eigenvalue weighted by atomic mass is 10.1. The second-order valence-electron chi connectivity index (χ2n) is 5.65. The number of halogens is 1. The van der Waals surface area contributed by atoms with E-state index in [4.69, 9.17) is 20.8 Å². The molecule has 1 heterocycles. The smallest absolute Gasteiger partial charge is 0.255 e. The second kappa shape index (κ2) is 8.42. The van der Waals surface area contributed by atoms with E-state index in [2.05, 4.69) is 10.6 Å². The van der Waals surface area contributed by atoms with Crippen molar-refractivity contribution in [3.8, 4) is 5.75 Å². The van der Waals surface area contributed by atoms with Gasteiger partial charge in [0.25, 0.3) is 11.8 Å². The van der Waals surface area contributed by atoms with E-state index < -0.39 is 0 Å². The fourth-order valence-electron chi connectivity index (χ4n) is 2.43. The fraction of sp³-hybridized carbons (Fsp3) is 0.100. The van der Waals surface area contributed by atoms with E-state index in [9.17, 15) is 9.59 Å². The zero-order valence-electron chi connectivity index (χ0n) is 14.5. The Morgan fingerprint density at radius 2 is 1.81 bits per heavy atom. The number of benzene rings is 2. The number of rotatable bonds is 6. The Balaban J connectivity index is 1.67. The van der Waals surface area contributed by atoms with Gasteiger partial charge in [0.2, 0.25) is 0 Å². The van der Waals surface area contributed by atoms with Crippen molar-refractivity contribution in [2.45, 2.75) is 6.54 Å². The van der Waals surface area contributed by atoms with Crippen LogP contribution in [0, 0.1) is 0 Å². The van der Waals surface area contributed by atoms with Crippen LogP contribution in [0.25, 0.3) is 0 Å². The summed E-state index contributed by atoms with van der Waals surface area (Å²) in [6.45, 7) is 0.270. The number of carbonyl (C=O) groups excluding carboxylic acids is 2. The fourth-order valence-corrected chi connectivity index (χ4v) is 2.69. The summed E-state index contributed by atoms with van der Waals surface area (Å²) in [7, 11) is 1.52. The molecule has 0 saturated heterocycles. The molecular formula is C20H17ClN2O4. The second-order valence-corrected chi connectivity index (χ2v) is 6.05. The van der Waals surface area contributed by atoms with Crippen molar-refractivity contribution in [1.82, 2.24) is 5.32 Å². The van der Waals surface area contributed by atoms with Crippen molar-refractivity contribution in [1.29, 1.82) is 0 Å². The number of methoxy groups -OCH3 is 1. The number of furan rings is 1. The molecule has 1 aromatic heterocycles. The van der Waals surface area contributed by atoms with Crippen LogP contribution >= 0.6 is 11.6 Å². The molecular weight excluding hydrogens is 368 g/mol. The molecule has 0 unspecified atom stereocenters. The molecule has 6 nitrogen and oxygen atoms in total. The van der Waals surface area contributed by atoms with Gasteiger partial charge in [-0.2, -0.15) is 0 Å². The van der Waals surface area contributed by atoms with Crippen LogP contribution in [0.2, 0.25) is 5.02 Å². The highest BCUT2D eigenvalue weighted by molar-refractivity contribution is 6.32. The molecule has 138 valence electrons. The molecule has 0 aliphatic rings. The van der Waals surface area contributed by atoms with Crippen molar-refractivity contribution in [3.05, 3.63) is 82.8 Å². The maximum Gasteiger partial charge on any atom is 0.255 e. The maximum atomic E-state index is 12.5. The van der Waals surface area contributed by atoms with Crippen LogP contribution in [0.4, 0.5) is 5.69 Å². The molecule has 3 aromatic rings. The summed E-state index contributed by atoms with van der Waals surface area (Å²) < 4.78 is 10.3. The number of carbonyl (C=O) groups is 2. The van der Waals surface area contributed by atoms with E-state index >= 15 is 0 Å². The van der Waals surface area contributed by atoms with Crippen LogP contribution < -0.4 is 15.4 Å². The average molecular weight is 385 g/mol. The first-order valence-corrected chi connectivity index (χ1v) is 8.50. The maximum absolute atomic E-state index is 12.5. The third-order valence-electron chi connectivity index (χ3n) is 3.80. The molecule has 2 amide bonds. The third kappa shape index (κ3) is 4.68. The minimum absolute atomic E-state index is 0.270. The summed E-state index contributed by atoms with van der Waals surface area (Å²) in [6.07, 6.45) is 1.54. The molecule has 0 saturated carbocycles. The molecule has 2 N–H and O–H groups in total. The zero-order valence-corrected chi connectivity index (χ0v) is 15.2. The molecule has 0 atom stereocenters. The third-order valence-corrected chi connectivity index (χ3v) is 4.10. The van der Waals surface area contributed by atoms with Gasteiger partial charge in [0.1, 0.15) is 11.5 Å². The first kappa shape index (κ1) is 18.5. The number of anilines is 1. The Hall–Kier alpha value is -3.25. The number of hydrogen-bond acceptors (Lipinski definition) is 4. The summed E-state index contributed by atoms with van der Waals surface area (Å²) in [5.74, 6) is 0.518. The SMILES string of the molecule is COc1ccc(NC(=O)c2cccc(C(=O)NCc3ccco3)c2)cc1Cl. The van der Waals surface area contributed by atoms with Gasteiger partial charge >= 0.3 is 0 Å². The topological polar surface area (TPSA) is 80.6 Å². The van der Waals surface area contributed by atoms with Crippen molar-refractivity contribution in [2.75, 3.05) is 12.4 Å². The highest BCUT2D eigenvalue weighted by Crippen LogP contribution is 2.27. The van der Waals surface area contributed by atoms with Crippen LogP contribution in [-0.4, -0.2) is 18.9 Å². The van der Waals surface area contributed by atoms with E-state index in [1.54, 1.807) is 48.5 Å². The van der Waals surface area contributed by atoms with Crippen LogP contribution in [0.3, 0.4) is 0 Å². The molecule has 0 aliphatic heterocycles. The van der Waals surface area contributed by atoms with Gasteiger partial charge in [-0.25, -0.2) is 0 Å². The lowest BCUT2D eigenvalue weighted by molar-refractivity contribution is 0.0948. The quantitative estimate of drug-likeness (QED) is 0.669. The Labute approximate surface area is 161 Å². The Morgan fingerprint density at radius 3 is 2.48 bits per heavy atom. The van der Waals surface area contributed by atoms with Gasteiger partial charge in [0.15, 0.2) is 0 Å². The van der Waals surface area contributed by atoms with Crippen molar-refractivity contribution in [3.63, 3.8) is 0 Å². The monoisotopic (exact) mass is 384 g/mol. The minimum Gasteiger partial charge on any atom is -0.495 e. The van der Waals surface area contributed by atoms with Gasteiger partial charge in [0, 0.05) is 16.8 Å². The van der Waals surface area contributed by atoms with E-state index in [1.807, 2.05) is 0 Å². The minimum atomic E-state index is -0.350. The average Bonchev–Trinajstić information content (AvgIpc) is 3.20. The molecule has 0 radical (unpaired) electrons. The van der Waals surface area contributed by atoms with Gasteiger partial charge in [0.05, 0.1) is 24.9 Å². The van der Waals surface area contributed by atoms with Crippen LogP contribution in [0.15, 0.2) is 65.3 Å². The molecule has 0 fully saturated rings. The molecule has 0 aliphatic carbocycles. The lowest BCUT2D eigenvalue weighted by Gasteiger charge is -2.09. The number of amides is 2. The highest BCUT2D eigenvalue weighted by Gasteiger charge is 2.12. The van der Waals surface area contributed by atoms with Crippen LogP contribution in [0.1, 0.15) is 26.5 Å². The first-order chi connectivity index (χ1) is 13.1. The van der Waals surface area contributed by atoms with E-state index in [-0.39, 0.29) is 18.4 Å². The molecule has 3 rings (SSSR count). The Bertz CT molecular complexity index is 954. The summed E-state index contributed by atoms with van der Waals surface area (Å²) in [4.78, 5) is 24.7. The van der Waals surface area contributed by atoms with Crippen molar-refractivity contribution in [2.24, 2.45) is 0 Å². The standard InChI is InChI=1S/C20H17ClN2O4/c1-26-18-8-7-15(11-17(18)21)23-20(25)14-5-2-4-13(10-14)19(24)22-12-16-6-3-9-27-16/h2-11H,12H2,1H3,(H,22,24)(H,23,25). The molecule has 27 heavy (non-hydrogen) atoms. The van der Waals surface area contributed by atoms with Crippen molar-refractivity contribution >= 4 is 29.1 Å². The van der Waals surface area contributed by atoms with Gasteiger partial charge in [-0.05, 0) is 48.5 Å². The lowest BCUT2D eigenvalue weighted by Crippen LogP contribution is -2.23. The first-order valence-electron chi connectivity index (χ1n) is 8.12. The predicted octanol–water partition coefficient (Wildman–Crippen LogP) is 4.12. The van der Waals surface area contributed by atoms with Crippen molar-refractivity contribution < 1.29 is 18.7 Å². The summed E-state index contributed by atoms with van der Waals surface area (Å²) in [5.41, 5.74) is 1.26. The Kier molecular flexibility index (Phi) is 5.78. The van der Waals surface area contributed by atoms with Crippen LogP contribution in [-0.2, 0) is 6.54 Å². The number of hydrogen-bond donors (Lipinski definition) is 2. The Morgan fingerprint density at radius 1 is 1.04 bits per heavy atom. The predicted molar refractivity (Wildman–Crippen MR) is 102 cm³/mol. The molecule has 0 bridgehead atoms. The van der Waals surface area contributed by atoms with Gasteiger partial charge < -0.3 is 19.8 Å². The summed E-state index contributed by atoms with van der Waals surface area (Å²) in [6, 6.07) is 14.9. The molecule has 0 spiro atoms. The largest absolute Gasteiger partial charge is 0.495 e. The normalized spacial score (nSPS) is 10.3. The number of nitrogens with one attached hydrogen (secondary N) is 2. The highest BCUT2D eigenvalue weighted by atomic mass is 35.5. The van der Waals surface area contributed by atoms with E-state index in [0.717, 1.165) is 0 Å². The zero-order chi connectivity index (χ0) is 19.2. The van der Waals surface area contributed by atoms with Gasteiger partial charge in [-0.1, -0.05) is 17.7 Å². The summed E-state index contributed by atoms with van der Waals surface area (Å²) >= 11 is 6.07.